The zero-order valence-electron chi connectivity index (χ0n) is 10.0. The van der Waals surface area contributed by atoms with E-state index in [1.54, 1.807) is 20.0 Å². The first-order valence-corrected chi connectivity index (χ1v) is 6.58. The molecule has 0 radical (unpaired) electrons. The Morgan fingerprint density at radius 2 is 2.22 bits per heavy atom. The molecule has 0 aliphatic carbocycles. The van der Waals surface area contributed by atoms with E-state index >= 15 is 0 Å². The van der Waals surface area contributed by atoms with Crippen molar-refractivity contribution in [1.29, 1.82) is 0 Å². The standard InChI is InChI=1S/C11H14N2O4S/c1-3-6(14)12-7-9(15)13-4-5(2)8(11(16)17)18-10(7)13/h4,7-8,10H,3H2,1-2H3,(H,12,14)(H,16,17)/t7?,8?,10-/m1/s1. The van der Waals surface area contributed by atoms with Crippen molar-refractivity contribution < 1.29 is 19.5 Å². The van der Waals surface area contributed by atoms with Crippen molar-refractivity contribution in [3.05, 3.63) is 11.8 Å². The van der Waals surface area contributed by atoms with Crippen molar-refractivity contribution in [3.63, 3.8) is 0 Å². The fourth-order valence-corrected chi connectivity index (χ4v) is 3.27. The maximum Gasteiger partial charge on any atom is 0.320 e. The third kappa shape index (κ3) is 1.98. The number of carboxylic acid groups (broad SMARTS) is 1. The van der Waals surface area contributed by atoms with Gasteiger partial charge in [-0.1, -0.05) is 6.92 Å². The summed E-state index contributed by atoms with van der Waals surface area (Å²) < 4.78 is 0. The molecule has 18 heavy (non-hydrogen) atoms. The van der Waals surface area contributed by atoms with Gasteiger partial charge in [-0.15, -0.1) is 11.8 Å². The average Bonchev–Trinajstić information content (AvgIpc) is 2.34. The predicted octanol–water partition coefficient (Wildman–Crippen LogP) is 0.153. The number of carboxylic acids is 1. The number of thioether (sulfide) groups is 1. The van der Waals surface area contributed by atoms with Crippen molar-refractivity contribution in [1.82, 2.24) is 10.2 Å². The largest absolute Gasteiger partial charge is 0.480 e. The zero-order chi connectivity index (χ0) is 13.4. The molecule has 0 saturated carbocycles. The van der Waals surface area contributed by atoms with E-state index in [9.17, 15) is 14.4 Å². The van der Waals surface area contributed by atoms with Gasteiger partial charge in [0.2, 0.25) is 5.91 Å². The van der Waals surface area contributed by atoms with Crippen LogP contribution in [0.4, 0.5) is 0 Å². The van der Waals surface area contributed by atoms with Crippen molar-refractivity contribution >= 4 is 29.5 Å². The molecule has 2 N–H and O–H groups in total. The van der Waals surface area contributed by atoms with Crippen LogP contribution in [0.2, 0.25) is 0 Å². The number of carbonyl (C=O) groups excluding carboxylic acids is 2. The van der Waals surface area contributed by atoms with Gasteiger partial charge >= 0.3 is 5.97 Å². The van der Waals surface area contributed by atoms with Gasteiger partial charge in [0.15, 0.2) is 0 Å². The van der Waals surface area contributed by atoms with Crippen LogP contribution in [-0.4, -0.2) is 44.5 Å². The van der Waals surface area contributed by atoms with Crippen LogP contribution in [0.1, 0.15) is 20.3 Å². The highest BCUT2D eigenvalue weighted by atomic mass is 32.2. The van der Waals surface area contributed by atoms with Crippen LogP contribution >= 0.6 is 11.8 Å². The molecule has 0 bridgehead atoms. The Hall–Kier alpha value is -1.50. The van der Waals surface area contributed by atoms with E-state index in [0.717, 1.165) is 0 Å². The lowest BCUT2D eigenvalue weighted by Gasteiger charge is -2.48. The Labute approximate surface area is 108 Å². The number of amides is 2. The minimum absolute atomic E-state index is 0.183. The lowest BCUT2D eigenvalue weighted by atomic mass is 10.1. The molecule has 1 saturated heterocycles. The molecule has 2 aliphatic rings. The van der Waals surface area contributed by atoms with Gasteiger partial charge in [0, 0.05) is 12.6 Å². The molecule has 98 valence electrons. The summed E-state index contributed by atoms with van der Waals surface area (Å²) in [6.45, 7) is 3.39. The maximum atomic E-state index is 11.8. The number of hydrogen-bond acceptors (Lipinski definition) is 4. The smallest absolute Gasteiger partial charge is 0.320 e. The van der Waals surface area contributed by atoms with Gasteiger partial charge in [-0.25, -0.2) is 0 Å². The van der Waals surface area contributed by atoms with E-state index in [1.165, 1.54) is 16.7 Å². The molecule has 3 atom stereocenters. The van der Waals surface area contributed by atoms with E-state index in [0.29, 0.717) is 12.0 Å². The molecular weight excluding hydrogens is 256 g/mol. The minimum atomic E-state index is -0.923. The third-order valence-electron chi connectivity index (χ3n) is 2.97. The minimum Gasteiger partial charge on any atom is -0.480 e. The van der Waals surface area contributed by atoms with Gasteiger partial charge in [0.1, 0.15) is 16.7 Å². The molecule has 0 spiro atoms. The SMILES string of the molecule is CCC(=O)NC1C(=O)N2C=C(C)C(C(=O)O)S[C@H]12. The van der Waals surface area contributed by atoms with E-state index in [2.05, 4.69) is 5.32 Å². The van der Waals surface area contributed by atoms with E-state index in [4.69, 9.17) is 5.11 Å². The van der Waals surface area contributed by atoms with Gasteiger partial charge in [-0.3, -0.25) is 14.4 Å². The summed E-state index contributed by atoms with van der Waals surface area (Å²) in [5, 5.41) is 10.7. The molecule has 7 heteroatoms. The Morgan fingerprint density at radius 3 is 2.78 bits per heavy atom. The summed E-state index contributed by atoms with van der Waals surface area (Å²) >= 11 is 1.18. The summed E-state index contributed by atoms with van der Waals surface area (Å²) in [5.41, 5.74) is 0.636. The van der Waals surface area contributed by atoms with Crippen LogP contribution in [0.15, 0.2) is 11.8 Å². The summed E-state index contributed by atoms with van der Waals surface area (Å²) in [7, 11) is 0. The van der Waals surface area contributed by atoms with Gasteiger partial charge in [0.25, 0.3) is 5.91 Å². The highest BCUT2D eigenvalue weighted by Gasteiger charge is 2.51. The van der Waals surface area contributed by atoms with E-state index in [1.807, 2.05) is 0 Å². The van der Waals surface area contributed by atoms with Crippen LogP contribution in [-0.2, 0) is 14.4 Å². The van der Waals surface area contributed by atoms with Crippen LogP contribution in [0, 0.1) is 0 Å². The number of nitrogens with one attached hydrogen (secondary N) is 1. The molecule has 2 heterocycles. The molecule has 0 aromatic rings. The quantitative estimate of drug-likeness (QED) is 0.713. The first kappa shape index (κ1) is 12.9. The molecule has 2 amide bonds. The number of rotatable bonds is 3. The second-order valence-corrected chi connectivity index (χ2v) is 5.49. The Kier molecular flexibility index (Phi) is 3.34. The first-order chi connectivity index (χ1) is 8.45. The van der Waals surface area contributed by atoms with E-state index in [-0.39, 0.29) is 17.2 Å². The van der Waals surface area contributed by atoms with Crippen LogP contribution < -0.4 is 5.32 Å². The topological polar surface area (TPSA) is 86.7 Å². The van der Waals surface area contributed by atoms with Gasteiger partial charge in [-0.05, 0) is 12.5 Å². The second-order valence-electron chi connectivity index (χ2n) is 4.26. The first-order valence-electron chi connectivity index (χ1n) is 5.63. The van der Waals surface area contributed by atoms with Gasteiger partial charge in [0.05, 0.1) is 0 Å². The maximum absolute atomic E-state index is 11.8. The summed E-state index contributed by atoms with van der Waals surface area (Å²) in [6.07, 6.45) is 1.87. The Morgan fingerprint density at radius 1 is 1.56 bits per heavy atom. The van der Waals surface area contributed by atoms with Crippen molar-refractivity contribution in [2.75, 3.05) is 0 Å². The molecule has 0 aromatic heterocycles. The van der Waals surface area contributed by atoms with Gasteiger partial charge < -0.3 is 15.3 Å². The predicted molar refractivity (Wildman–Crippen MR) is 65.6 cm³/mol. The second kappa shape index (κ2) is 4.64. The summed E-state index contributed by atoms with van der Waals surface area (Å²) in [5.74, 6) is -1.31. The number of hydrogen-bond donors (Lipinski definition) is 2. The van der Waals surface area contributed by atoms with Crippen LogP contribution in [0.25, 0.3) is 0 Å². The third-order valence-corrected chi connectivity index (χ3v) is 4.60. The normalized spacial score (nSPS) is 30.1. The number of β-lactam (4-membered cyclic amide) rings is 1. The summed E-state index contributed by atoms with van der Waals surface area (Å²) in [6, 6.07) is -0.603. The fourth-order valence-electron chi connectivity index (χ4n) is 1.96. The number of aliphatic carboxylic acids is 1. The molecule has 2 unspecified atom stereocenters. The molecule has 1 fully saturated rings. The molecule has 2 rings (SSSR count). The molecule has 2 aliphatic heterocycles. The monoisotopic (exact) mass is 270 g/mol. The van der Waals surface area contributed by atoms with Crippen molar-refractivity contribution in [2.24, 2.45) is 0 Å². The zero-order valence-corrected chi connectivity index (χ0v) is 10.9. The van der Waals surface area contributed by atoms with Crippen LogP contribution in [0.5, 0.6) is 0 Å². The van der Waals surface area contributed by atoms with Crippen molar-refractivity contribution in [3.8, 4) is 0 Å². The van der Waals surface area contributed by atoms with Crippen LogP contribution in [0.3, 0.4) is 0 Å². The molecular formula is C11H14N2O4S. The Bertz CT molecular complexity index is 448. The summed E-state index contributed by atoms with van der Waals surface area (Å²) in [4.78, 5) is 35.6. The molecule has 0 aromatic carbocycles. The highest BCUT2D eigenvalue weighted by molar-refractivity contribution is 8.01. The fraction of sp³-hybridized carbons (Fsp3) is 0.545. The number of carbonyl (C=O) groups is 3. The van der Waals surface area contributed by atoms with Gasteiger partial charge in [-0.2, -0.15) is 0 Å². The molecule has 6 nitrogen and oxygen atoms in total. The van der Waals surface area contributed by atoms with Crippen molar-refractivity contribution in [2.45, 2.75) is 36.9 Å². The lowest BCUT2D eigenvalue weighted by Crippen LogP contribution is -2.69. The van der Waals surface area contributed by atoms with E-state index < -0.39 is 17.3 Å². The lowest BCUT2D eigenvalue weighted by molar-refractivity contribution is -0.145. The average molecular weight is 270 g/mol. The Balaban J connectivity index is 2.12. The highest BCUT2D eigenvalue weighted by Crippen LogP contribution is 2.40. The number of nitrogens with zero attached hydrogens (tertiary/aromatic N) is 1. The number of fused-ring (bicyclic) bond motifs is 1.